The zero-order chi connectivity index (χ0) is 12.1. The van der Waals surface area contributed by atoms with Crippen molar-refractivity contribution >= 4 is 34.8 Å². The number of carbonyl (C=O) groups excluding carboxylic acids is 1. The highest BCUT2D eigenvalue weighted by atomic mass is 35.5. The maximum Gasteiger partial charge on any atom is 0.230 e. The van der Waals surface area contributed by atoms with Crippen molar-refractivity contribution in [3.05, 3.63) is 5.01 Å². The number of hydrogen-bond acceptors (Lipinski definition) is 5. The van der Waals surface area contributed by atoms with Crippen LogP contribution in [0.25, 0.3) is 0 Å². The number of anilines is 1. The molecule has 0 aliphatic heterocycles. The van der Waals surface area contributed by atoms with E-state index in [4.69, 9.17) is 5.73 Å². The van der Waals surface area contributed by atoms with Gasteiger partial charge in [-0.05, 0) is 5.92 Å². The second-order valence-electron chi connectivity index (χ2n) is 4.22. The van der Waals surface area contributed by atoms with Crippen LogP contribution in [0.3, 0.4) is 0 Å². The van der Waals surface area contributed by atoms with Crippen LogP contribution in [-0.2, 0) is 11.2 Å². The SMILES string of the molecule is CC(C)Cc1nnc(NC(=O)C(C)CN)s1.Cl. The molecule has 0 aliphatic rings. The smallest absolute Gasteiger partial charge is 0.230 e. The van der Waals surface area contributed by atoms with Crippen LogP contribution in [0.5, 0.6) is 0 Å². The average molecular weight is 279 g/mol. The fraction of sp³-hybridized carbons (Fsp3) is 0.700. The van der Waals surface area contributed by atoms with Gasteiger partial charge in [-0.25, -0.2) is 0 Å². The van der Waals surface area contributed by atoms with Crippen LogP contribution < -0.4 is 11.1 Å². The fourth-order valence-corrected chi connectivity index (χ4v) is 2.03. The third kappa shape index (κ3) is 5.43. The number of aromatic nitrogens is 2. The van der Waals surface area contributed by atoms with Crippen molar-refractivity contribution < 1.29 is 4.79 Å². The molecular formula is C10H19ClN4OS. The molecule has 0 saturated heterocycles. The number of nitrogens with two attached hydrogens (primary N) is 1. The molecule has 1 heterocycles. The Hall–Kier alpha value is -0.720. The van der Waals surface area contributed by atoms with Gasteiger partial charge in [0, 0.05) is 18.9 Å². The molecule has 0 aromatic carbocycles. The summed E-state index contributed by atoms with van der Waals surface area (Å²) in [4.78, 5) is 11.5. The lowest BCUT2D eigenvalue weighted by Gasteiger charge is -2.06. The van der Waals surface area contributed by atoms with E-state index in [1.807, 2.05) is 0 Å². The van der Waals surface area contributed by atoms with Crippen LogP contribution in [0.15, 0.2) is 0 Å². The summed E-state index contributed by atoms with van der Waals surface area (Å²) in [6.45, 7) is 6.36. The Morgan fingerprint density at radius 2 is 2.06 bits per heavy atom. The van der Waals surface area contributed by atoms with Gasteiger partial charge in [0.1, 0.15) is 5.01 Å². The van der Waals surface area contributed by atoms with Gasteiger partial charge in [-0.1, -0.05) is 32.1 Å². The Morgan fingerprint density at radius 3 is 2.59 bits per heavy atom. The third-order valence-corrected chi connectivity index (χ3v) is 2.94. The van der Waals surface area contributed by atoms with E-state index in [0.29, 0.717) is 17.6 Å². The van der Waals surface area contributed by atoms with E-state index < -0.39 is 0 Å². The first-order valence-electron chi connectivity index (χ1n) is 5.36. The Bertz CT molecular complexity index is 356. The second-order valence-corrected chi connectivity index (χ2v) is 5.29. The summed E-state index contributed by atoms with van der Waals surface area (Å²) in [5, 5.41) is 12.2. The summed E-state index contributed by atoms with van der Waals surface area (Å²) in [5.41, 5.74) is 5.40. The molecule has 1 aromatic heterocycles. The molecule has 1 amide bonds. The molecule has 5 nitrogen and oxygen atoms in total. The van der Waals surface area contributed by atoms with E-state index in [-0.39, 0.29) is 24.2 Å². The molecule has 0 radical (unpaired) electrons. The average Bonchev–Trinajstić information content (AvgIpc) is 2.63. The molecule has 7 heteroatoms. The maximum atomic E-state index is 11.5. The van der Waals surface area contributed by atoms with Crippen molar-refractivity contribution in [1.29, 1.82) is 0 Å². The van der Waals surface area contributed by atoms with Gasteiger partial charge in [0.05, 0.1) is 0 Å². The lowest BCUT2D eigenvalue weighted by atomic mass is 10.1. The summed E-state index contributed by atoms with van der Waals surface area (Å²) in [7, 11) is 0. The predicted octanol–water partition coefficient (Wildman–Crippen LogP) is 1.69. The lowest BCUT2D eigenvalue weighted by molar-refractivity contribution is -0.119. The van der Waals surface area contributed by atoms with E-state index in [9.17, 15) is 4.79 Å². The van der Waals surface area contributed by atoms with Crippen molar-refractivity contribution in [3.8, 4) is 0 Å². The zero-order valence-corrected chi connectivity index (χ0v) is 11.9. The molecule has 0 saturated carbocycles. The fourth-order valence-electron chi connectivity index (χ4n) is 1.07. The minimum atomic E-state index is -0.197. The number of nitrogens with zero attached hydrogens (tertiary/aromatic N) is 2. The minimum Gasteiger partial charge on any atom is -0.330 e. The maximum absolute atomic E-state index is 11.5. The van der Waals surface area contributed by atoms with Gasteiger partial charge >= 0.3 is 0 Å². The molecule has 0 fully saturated rings. The zero-order valence-electron chi connectivity index (χ0n) is 10.3. The molecule has 1 atom stereocenters. The van der Waals surface area contributed by atoms with E-state index in [2.05, 4.69) is 29.4 Å². The van der Waals surface area contributed by atoms with Gasteiger partial charge < -0.3 is 11.1 Å². The van der Waals surface area contributed by atoms with Crippen LogP contribution in [0, 0.1) is 11.8 Å². The number of halogens is 1. The Labute approximate surface area is 112 Å². The van der Waals surface area contributed by atoms with Crippen molar-refractivity contribution in [3.63, 3.8) is 0 Å². The van der Waals surface area contributed by atoms with Crippen molar-refractivity contribution in [2.24, 2.45) is 17.6 Å². The normalized spacial score (nSPS) is 12.1. The van der Waals surface area contributed by atoms with Crippen LogP contribution in [0.2, 0.25) is 0 Å². The largest absolute Gasteiger partial charge is 0.330 e. The summed E-state index contributed by atoms with van der Waals surface area (Å²) in [6.07, 6.45) is 0.889. The van der Waals surface area contributed by atoms with Crippen molar-refractivity contribution in [2.45, 2.75) is 27.2 Å². The van der Waals surface area contributed by atoms with E-state index >= 15 is 0 Å². The minimum absolute atomic E-state index is 0. The highest BCUT2D eigenvalue weighted by Crippen LogP contribution is 2.18. The summed E-state index contributed by atoms with van der Waals surface area (Å²) in [6, 6.07) is 0. The molecule has 17 heavy (non-hydrogen) atoms. The van der Waals surface area contributed by atoms with Crippen LogP contribution in [0.1, 0.15) is 25.8 Å². The van der Waals surface area contributed by atoms with Crippen molar-refractivity contribution in [1.82, 2.24) is 10.2 Å². The number of rotatable bonds is 5. The van der Waals surface area contributed by atoms with Gasteiger partial charge in [0.2, 0.25) is 11.0 Å². The van der Waals surface area contributed by atoms with Crippen LogP contribution >= 0.6 is 23.7 Å². The van der Waals surface area contributed by atoms with E-state index in [0.717, 1.165) is 11.4 Å². The first-order chi connectivity index (χ1) is 7.52. The number of amides is 1. The van der Waals surface area contributed by atoms with Gasteiger partial charge in [-0.15, -0.1) is 22.6 Å². The Kier molecular flexibility index (Phi) is 7.26. The number of nitrogens with one attached hydrogen (secondary N) is 1. The highest BCUT2D eigenvalue weighted by Gasteiger charge is 2.13. The highest BCUT2D eigenvalue weighted by molar-refractivity contribution is 7.15. The second kappa shape index (κ2) is 7.58. The van der Waals surface area contributed by atoms with E-state index in [1.54, 1.807) is 6.92 Å². The van der Waals surface area contributed by atoms with Gasteiger partial charge in [-0.2, -0.15) is 0 Å². The summed E-state index contributed by atoms with van der Waals surface area (Å²) >= 11 is 1.42. The standard InChI is InChI=1S/C10H18N4OS.ClH/c1-6(2)4-8-13-14-10(16-8)12-9(15)7(3)5-11;/h6-7H,4-5,11H2,1-3H3,(H,12,14,15);1H. The molecule has 0 aliphatic carbocycles. The molecular weight excluding hydrogens is 260 g/mol. The number of hydrogen-bond donors (Lipinski definition) is 2. The Balaban J connectivity index is 0.00000256. The molecule has 1 unspecified atom stereocenters. The van der Waals surface area contributed by atoms with E-state index in [1.165, 1.54) is 11.3 Å². The molecule has 0 spiro atoms. The molecule has 3 N–H and O–H groups in total. The molecule has 0 bridgehead atoms. The lowest BCUT2D eigenvalue weighted by Crippen LogP contribution is -2.26. The molecule has 1 rings (SSSR count). The van der Waals surface area contributed by atoms with Crippen LogP contribution in [-0.4, -0.2) is 22.6 Å². The first kappa shape index (κ1) is 16.3. The van der Waals surface area contributed by atoms with Gasteiger partial charge in [0.25, 0.3) is 0 Å². The first-order valence-corrected chi connectivity index (χ1v) is 6.18. The van der Waals surface area contributed by atoms with Gasteiger partial charge in [0.15, 0.2) is 0 Å². The molecule has 1 aromatic rings. The number of carbonyl (C=O) groups is 1. The summed E-state index contributed by atoms with van der Waals surface area (Å²) < 4.78 is 0. The van der Waals surface area contributed by atoms with Gasteiger partial charge in [-0.3, -0.25) is 4.79 Å². The summed E-state index contributed by atoms with van der Waals surface area (Å²) in [5.74, 6) is 0.242. The van der Waals surface area contributed by atoms with Crippen LogP contribution in [0.4, 0.5) is 5.13 Å². The third-order valence-electron chi connectivity index (χ3n) is 2.08. The quantitative estimate of drug-likeness (QED) is 0.859. The topological polar surface area (TPSA) is 80.9 Å². The monoisotopic (exact) mass is 278 g/mol. The predicted molar refractivity (Wildman–Crippen MR) is 72.5 cm³/mol. The Morgan fingerprint density at radius 1 is 1.41 bits per heavy atom. The van der Waals surface area contributed by atoms with Crippen molar-refractivity contribution in [2.75, 3.05) is 11.9 Å². The molecule has 98 valence electrons.